The normalized spacial score (nSPS) is 11.8. The van der Waals surface area contributed by atoms with Crippen LogP contribution in [0.1, 0.15) is 17.7 Å². The Hall–Kier alpha value is -2.22. The van der Waals surface area contributed by atoms with Crippen LogP contribution < -0.4 is 39.5 Å². The van der Waals surface area contributed by atoms with Crippen molar-refractivity contribution in [3.8, 4) is 16.9 Å². The molecule has 0 spiro atoms. The molecule has 1 N–H and O–H groups in total. The fourth-order valence-electron chi connectivity index (χ4n) is 2.71. The maximum absolute atomic E-state index is 13.3. The van der Waals surface area contributed by atoms with Gasteiger partial charge in [0.25, 0.3) is 10.0 Å². The Bertz CT molecular complexity index is 1210. The van der Waals surface area contributed by atoms with Crippen molar-refractivity contribution in [3.05, 3.63) is 65.9 Å². The number of rotatable bonds is 8. The van der Waals surface area contributed by atoms with E-state index in [4.69, 9.17) is 0 Å². The first-order chi connectivity index (χ1) is 15.0. The quantitative estimate of drug-likeness (QED) is 0.251. The molecule has 0 atom stereocenters. The van der Waals surface area contributed by atoms with Crippen molar-refractivity contribution in [1.82, 2.24) is 14.7 Å². The van der Waals surface area contributed by atoms with Crippen LogP contribution in [0, 0.1) is 6.92 Å². The molecule has 0 saturated heterocycles. The SMILES string of the molecule is Cc1ccc(-c2cc(C(F)(F)F)nn2-c2ccc(S(=O)(=O)NOCCC(=O)[O-])cc2)cc1.[Na+]. The van der Waals surface area contributed by atoms with E-state index in [0.29, 0.717) is 5.56 Å². The number of carboxylic acids is 1. The summed E-state index contributed by atoms with van der Waals surface area (Å²) in [5, 5.41) is 14.0. The molecule has 0 unspecified atom stereocenters. The van der Waals surface area contributed by atoms with Gasteiger partial charge >= 0.3 is 35.7 Å². The van der Waals surface area contributed by atoms with E-state index < -0.39 is 40.9 Å². The Kier molecular flexibility index (Phi) is 8.85. The van der Waals surface area contributed by atoms with Gasteiger partial charge in [-0.05, 0) is 37.3 Å². The van der Waals surface area contributed by atoms with E-state index in [2.05, 4.69) is 9.94 Å². The molecule has 1 heterocycles. The molecule has 3 rings (SSSR count). The number of carboxylic acid groups (broad SMARTS) is 1. The minimum Gasteiger partial charge on any atom is -0.550 e. The summed E-state index contributed by atoms with van der Waals surface area (Å²) in [7, 11) is -4.14. The Morgan fingerprint density at radius 2 is 1.73 bits per heavy atom. The molecule has 0 aliphatic carbocycles. The Labute approximate surface area is 209 Å². The maximum Gasteiger partial charge on any atom is 1.00 e. The molecule has 0 saturated carbocycles. The molecule has 0 aliphatic heterocycles. The summed E-state index contributed by atoms with van der Waals surface area (Å²) < 4.78 is 65.3. The van der Waals surface area contributed by atoms with Gasteiger partial charge in [-0.3, -0.25) is 4.84 Å². The molecule has 13 heteroatoms. The van der Waals surface area contributed by atoms with E-state index in [9.17, 15) is 31.5 Å². The van der Waals surface area contributed by atoms with Gasteiger partial charge in [-0.2, -0.15) is 18.3 Å². The third-order valence-electron chi connectivity index (χ3n) is 4.32. The molecule has 0 fully saturated rings. The van der Waals surface area contributed by atoms with E-state index in [1.165, 1.54) is 12.1 Å². The van der Waals surface area contributed by atoms with E-state index in [1.807, 2.05) is 6.92 Å². The molecule has 170 valence electrons. The second kappa shape index (κ2) is 10.8. The summed E-state index contributed by atoms with van der Waals surface area (Å²) in [5.41, 5.74) is 0.718. The molecular formula is C20H17F3N3NaO5S. The van der Waals surface area contributed by atoms with E-state index >= 15 is 0 Å². The van der Waals surface area contributed by atoms with Gasteiger partial charge in [0.2, 0.25) is 0 Å². The molecule has 0 radical (unpaired) electrons. The third-order valence-corrected chi connectivity index (χ3v) is 5.55. The monoisotopic (exact) mass is 491 g/mol. The standard InChI is InChI=1S/C20H18F3N3O5S.Na/c1-13-2-4-14(5-3-13)17-12-18(20(21,22)23)24-26(17)15-6-8-16(9-7-15)32(29,30)25-31-11-10-19(27)28;/h2-9,12,25H,10-11H2,1H3,(H,27,28);/q;+1/p-1. The molecule has 3 aromatic rings. The average Bonchev–Trinajstić information content (AvgIpc) is 3.18. The fourth-order valence-corrected chi connectivity index (χ4v) is 3.54. The number of carbonyl (C=O) groups is 1. The van der Waals surface area contributed by atoms with E-state index in [-0.39, 0.29) is 45.8 Å². The third kappa shape index (κ3) is 6.88. The van der Waals surface area contributed by atoms with Crippen molar-refractivity contribution >= 4 is 16.0 Å². The van der Waals surface area contributed by atoms with E-state index in [1.54, 1.807) is 29.2 Å². The zero-order valence-electron chi connectivity index (χ0n) is 17.6. The summed E-state index contributed by atoms with van der Waals surface area (Å²) in [5.74, 6) is -1.41. The first kappa shape index (κ1) is 27.0. The largest absolute Gasteiger partial charge is 1.00 e. The van der Waals surface area contributed by atoms with Gasteiger partial charge in [0.15, 0.2) is 5.69 Å². The number of hydrogen-bond donors (Lipinski definition) is 1. The van der Waals surface area contributed by atoms with Gasteiger partial charge in [-0.15, -0.1) is 0 Å². The minimum atomic E-state index is -4.67. The number of aliphatic carboxylic acids is 1. The van der Waals surface area contributed by atoms with Crippen LogP contribution in [0.15, 0.2) is 59.5 Å². The Morgan fingerprint density at radius 3 is 2.27 bits per heavy atom. The number of benzene rings is 2. The Morgan fingerprint density at radius 1 is 1.12 bits per heavy atom. The van der Waals surface area contributed by atoms with Crippen LogP contribution in [0.5, 0.6) is 0 Å². The van der Waals surface area contributed by atoms with E-state index in [0.717, 1.165) is 28.4 Å². The van der Waals surface area contributed by atoms with Crippen molar-refractivity contribution in [2.45, 2.75) is 24.4 Å². The smallest absolute Gasteiger partial charge is 0.550 e. The number of hydrogen-bond acceptors (Lipinski definition) is 6. The van der Waals surface area contributed by atoms with Crippen LogP contribution in [0.25, 0.3) is 16.9 Å². The molecular weight excluding hydrogens is 474 g/mol. The van der Waals surface area contributed by atoms with Gasteiger partial charge in [-0.1, -0.05) is 34.7 Å². The van der Waals surface area contributed by atoms with Crippen molar-refractivity contribution in [1.29, 1.82) is 0 Å². The summed E-state index contributed by atoms with van der Waals surface area (Å²) in [4.78, 5) is 16.5. The molecule has 0 aliphatic rings. The number of aromatic nitrogens is 2. The van der Waals surface area contributed by atoms with Crippen LogP contribution in [0.2, 0.25) is 0 Å². The van der Waals surface area contributed by atoms with Gasteiger partial charge in [-0.25, -0.2) is 13.1 Å². The van der Waals surface area contributed by atoms with Gasteiger partial charge < -0.3 is 9.90 Å². The predicted molar refractivity (Wildman–Crippen MR) is 105 cm³/mol. The topological polar surface area (TPSA) is 113 Å². The molecule has 2 aromatic carbocycles. The number of sulfonamides is 1. The number of nitrogens with one attached hydrogen (secondary N) is 1. The van der Waals surface area contributed by atoms with Crippen LogP contribution in [0.3, 0.4) is 0 Å². The van der Waals surface area contributed by atoms with Crippen LogP contribution in [-0.2, 0) is 25.8 Å². The first-order valence-corrected chi connectivity index (χ1v) is 10.6. The van der Waals surface area contributed by atoms with Gasteiger partial charge in [0, 0.05) is 18.0 Å². The molecule has 0 bridgehead atoms. The van der Waals surface area contributed by atoms with Gasteiger partial charge in [0.1, 0.15) is 0 Å². The number of nitrogens with zero attached hydrogens (tertiary/aromatic N) is 2. The van der Waals surface area contributed by atoms with Crippen LogP contribution in [0.4, 0.5) is 13.2 Å². The molecule has 1 aromatic heterocycles. The Balaban J connectivity index is 0.00000385. The number of aryl methyl sites for hydroxylation is 1. The second-order valence-corrected chi connectivity index (χ2v) is 8.39. The molecule has 0 amide bonds. The summed E-state index contributed by atoms with van der Waals surface area (Å²) in [6.07, 6.45) is -5.18. The van der Waals surface area contributed by atoms with Crippen LogP contribution >= 0.6 is 0 Å². The minimum absolute atomic E-state index is 0. The average molecular weight is 491 g/mol. The molecule has 8 nitrogen and oxygen atoms in total. The fraction of sp³-hybridized carbons (Fsp3) is 0.200. The molecule has 33 heavy (non-hydrogen) atoms. The maximum atomic E-state index is 13.3. The summed E-state index contributed by atoms with van der Waals surface area (Å²) in [6, 6.07) is 12.7. The zero-order valence-corrected chi connectivity index (χ0v) is 20.4. The first-order valence-electron chi connectivity index (χ1n) is 9.15. The van der Waals surface area contributed by atoms with Crippen molar-refractivity contribution in [3.63, 3.8) is 0 Å². The number of alkyl halides is 3. The summed E-state index contributed by atoms with van der Waals surface area (Å²) >= 11 is 0. The zero-order chi connectivity index (χ0) is 23.5. The van der Waals surface area contributed by atoms with Crippen LogP contribution in [-0.4, -0.2) is 30.8 Å². The van der Waals surface area contributed by atoms with Crippen molar-refractivity contribution in [2.75, 3.05) is 6.61 Å². The predicted octanol–water partition coefficient (Wildman–Crippen LogP) is -0.780. The van der Waals surface area contributed by atoms with Crippen molar-refractivity contribution < 1.29 is 65.9 Å². The number of carbonyl (C=O) groups excluding carboxylic acids is 1. The number of halogens is 3. The second-order valence-electron chi connectivity index (χ2n) is 6.74. The van der Waals surface area contributed by atoms with Crippen molar-refractivity contribution in [2.24, 2.45) is 0 Å². The summed E-state index contributed by atoms with van der Waals surface area (Å²) in [6.45, 7) is 1.41. The van der Waals surface area contributed by atoms with Gasteiger partial charge in [0.05, 0.1) is 22.9 Å².